The van der Waals surface area contributed by atoms with Crippen molar-refractivity contribution in [2.45, 2.75) is 30.7 Å². The van der Waals surface area contributed by atoms with Crippen molar-refractivity contribution in [3.8, 4) is 0 Å². The zero-order valence-electron chi connectivity index (χ0n) is 7.20. The molecule has 0 aromatic rings. The third kappa shape index (κ3) is 1.98. The fourth-order valence-corrected chi connectivity index (χ4v) is 1.35. The lowest BCUT2D eigenvalue weighted by Gasteiger charge is -2.19. The SMILES string of the molecule is CO[C@H]1C(O)O[C@H]([C@H](O)CO)[C@@H]1O. The van der Waals surface area contributed by atoms with Gasteiger partial charge in [0.05, 0.1) is 6.61 Å². The zero-order chi connectivity index (χ0) is 10.0. The van der Waals surface area contributed by atoms with E-state index >= 15 is 0 Å². The van der Waals surface area contributed by atoms with Crippen LogP contribution in [0.5, 0.6) is 0 Å². The van der Waals surface area contributed by atoms with Crippen LogP contribution in [0.3, 0.4) is 0 Å². The van der Waals surface area contributed by atoms with Crippen molar-refractivity contribution in [2.75, 3.05) is 13.7 Å². The van der Waals surface area contributed by atoms with Gasteiger partial charge >= 0.3 is 0 Å². The Morgan fingerprint density at radius 2 is 2.08 bits per heavy atom. The molecule has 0 amide bonds. The van der Waals surface area contributed by atoms with Crippen LogP contribution in [0.4, 0.5) is 0 Å². The molecular formula is C7H14O6. The average molecular weight is 194 g/mol. The molecule has 0 saturated carbocycles. The highest BCUT2D eigenvalue weighted by molar-refractivity contribution is 4.90. The van der Waals surface area contributed by atoms with E-state index in [0.717, 1.165) is 0 Å². The highest BCUT2D eigenvalue weighted by Crippen LogP contribution is 2.23. The van der Waals surface area contributed by atoms with Crippen LogP contribution in [0.1, 0.15) is 0 Å². The second kappa shape index (κ2) is 4.32. The Bertz CT molecular complexity index is 163. The standard InChI is InChI=1S/C7H14O6/c1-12-6-4(10)5(3(9)2-8)13-7(6)11/h3-11H,2H2,1H3/t3-,4+,5-,6-,7?/m1/s1. The second-order valence-electron chi connectivity index (χ2n) is 2.93. The lowest BCUT2D eigenvalue weighted by Crippen LogP contribution is -2.41. The van der Waals surface area contributed by atoms with Gasteiger partial charge in [0, 0.05) is 7.11 Å². The summed E-state index contributed by atoms with van der Waals surface area (Å²) in [5.74, 6) is 0. The molecule has 0 aromatic heterocycles. The van der Waals surface area contributed by atoms with Crippen LogP contribution in [0.2, 0.25) is 0 Å². The first kappa shape index (κ1) is 10.8. The van der Waals surface area contributed by atoms with Crippen LogP contribution < -0.4 is 0 Å². The first-order chi connectivity index (χ1) is 6.11. The lowest BCUT2D eigenvalue weighted by atomic mass is 10.1. The van der Waals surface area contributed by atoms with Crippen LogP contribution >= 0.6 is 0 Å². The van der Waals surface area contributed by atoms with E-state index in [1.807, 2.05) is 0 Å². The van der Waals surface area contributed by atoms with Gasteiger partial charge in [-0.2, -0.15) is 0 Å². The molecule has 1 rings (SSSR count). The third-order valence-electron chi connectivity index (χ3n) is 2.09. The molecule has 78 valence electrons. The number of methoxy groups -OCH3 is 1. The van der Waals surface area contributed by atoms with E-state index in [2.05, 4.69) is 0 Å². The van der Waals surface area contributed by atoms with Gasteiger partial charge in [-0.05, 0) is 0 Å². The fraction of sp³-hybridized carbons (Fsp3) is 1.00. The third-order valence-corrected chi connectivity index (χ3v) is 2.09. The van der Waals surface area contributed by atoms with E-state index in [0.29, 0.717) is 0 Å². The molecular weight excluding hydrogens is 180 g/mol. The molecule has 1 aliphatic rings. The van der Waals surface area contributed by atoms with Crippen LogP contribution in [0.15, 0.2) is 0 Å². The molecule has 1 aliphatic heterocycles. The first-order valence-corrected chi connectivity index (χ1v) is 3.95. The predicted molar refractivity (Wildman–Crippen MR) is 40.8 cm³/mol. The van der Waals surface area contributed by atoms with Gasteiger partial charge in [-0.3, -0.25) is 0 Å². The summed E-state index contributed by atoms with van der Waals surface area (Å²) >= 11 is 0. The minimum Gasteiger partial charge on any atom is -0.394 e. The van der Waals surface area contributed by atoms with Crippen LogP contribution in [0, 0.1) is 0 Å². The molecule has 0 aliphatic carbocycles. The Morgan fingerprint density at radius 3 is 2.46 bits per heavy atom. The molecule has 6 nitrogen and oxygen atoms in total. The van der Waals surface area contributed by atoms with Gasteiger partial charge in [0.15, 0.2) is 6.29 Å². The Balaban J connectivity index is 2.61. The van der Waals surface area contributed by atoms with Crippen molar-refractivity contribution in [1.29, 1.82) is 0 Å². The van der Waals surface area contributed by atoms with E-state index in [1.54, 1.807) is 0 Å². The number of ether oxygens (including phenoxy) is 2. The molecule has 0 aromatic carbocycles. The van der Waals surface area contributed by atoms with E-state index in [1.165, 1.54) is 7.11 Å². The largest absolute Gasteiger partial charge is 0.394 e. The Morgan fingerprint density at radius 1 is 1.46 bits per heavy atom. The molecule has 0 spiro atoms. The monoisotopic (exact) mass is 194 g/mol. The van der Waals surface area contributed by atoms with Crippen molar-refractivity contribution >= 4 is 0 Å². The molecule has 1 saturated heterocycles. The fourth-order valence-electron chi connectivity index (χ4n) is 1.35. The number of hydrogen-bond donors (Lipinski definition) is 4. The number of rotatable bonds is 3. The molecule has 0 bridgehead atoms. The highest BCUT2D eigenvalue weighted by Gasteiger charge is 2.46. The van der Waals surface area contributed by atoms with Crippen LogP contribution in [0.25, 0.3) is 0 Å². The highest BCUT2D eigenvalue weighted by atomic mass is 16.7. The maximum atomic E-state index is 9.44. The molecule has 13 heavy (non-hydrogen) atoms. The summed E-state index contributed by atoms with van der Waals surface area (Å²) in [4.78, 5) is 0. The van der Waals surface area contributed by atoms with Crippen LogP contribution in [-0.4, -0.2) is 64.8 Å². The molecule has 4 N–H and O–H groups in total. The second-order valence-corrected chi connectivity index (χ2v) is 2.93. The van der Waals surface area contributed by atoms with E-state index in [-0.39, 0.29) is 0 Å². The first-order valence-electron chi connectivity index (χ1n) is 3.95. The van der Waals surface area contributed by atoms with Gasteiger partial charge < -0.3 is 29.9 Å². The Kier molecular flexibility index (Phi) is 3.60. The summed E-state index contributed by atoms with van der Waals surface area (Å²) < 4.78 is 9.54. The predicted octanol–water partition coefficient (Wildman–Crippen LogP) is -2.57. The average Bonchev–Trinajstić information content (AvgIpc) is 2.40. The van der Waals surface area contributed by atoms with Gasteiger partial charge in [-0.25, -0.2) is 0 Å². The van der Waals surface area contributed by atoms with Gasteiger partial charge in [0.1, 0.15) is 24.4 Å². The van der Waals surface area contributed by atoms with Gasteiger partial charge in [0.25, 0.3) is 0 Å². The van der Waals surface area contributed by atoms with Crippen molar-refractivity contribution in [1.82, 2.24) is 0 Å². The van der Waals surface area contributed by atoms with Gasteiger partial charge in [-0.1, -0.05) is 0 Å². The summed E-state index contributed by atoms with van der Waals surface area (Å²) in [6.07, 6.45) is -5.52. The summed E-state index contributed by atoms with van der Waals surface area (Å²) in [6, 6.07) is 0. The topological polar surface area (TPSA) is 99.4 Å². The number of hydrogen-bond acceptors (Lipinski definition) is 6. The summed E-state index contributed by atoms with van der Waals surface area (Å²) in [7, 11) is 1.31. The van der Waals surface area contributed by atoms with Crippen molar-refractivity contribution < 1.29 is 29.9 Å². The van der Waals surface area contributed by atoms with Crippen molar-refractivity contribution in [3.05, 3.63) is 0 Å². The zero-order valence-corrected chi connectivity index (χ0v) is 7.20. The molecule has 1 heterocycles. The quantitative estimate of drug-likeness (QED) is 0.394. The van der Waals surface area contributed by atoms with Gasteiger partial charge in [-0.15, -0.1) is 0 Å². The smallest absolute Gasteiger partial charge is 0.184 e. The molecule has 1 unspecified atom stereocenters. The molecule has 6 heteroatoms. The molecule has 0 radical (unpaired) electrons. The maximum Gasteiger partial charge on any atom is 0.184 e. The molecule has 1 fully saturated rings. The summed E-state index contributed by atoms with van der Waals surface area (Å²) in [5.41, 5.74) is 0. The minimum absolute atomic E-state index is 0.537. The minimum atomic E-state index is -1.27. The normalized spacial score (nSPS) is 42.2. The van der Waals surface area contributed by atoms with E-state index in [9.17, 15) is 10.2 Å². The lowest BCUT2D eigenvalue weighted by molar-refractivity contribution is -0.154. The van der Waals surface area contributed by atoms with Crippen molar-refractivity contribution in [3.63, 3.8) is 0 Å². The summed E-state index contributed by atoms with van der Waals surface area (Å²) in [6.45, 7) is -0.537. The van der Waals surface area contributed by atoms with E-state index < -0.39 is 37.3 Å². The number of aliphatic hydroxyl groups is 4. The maximum absolute atomic E-state index is 9.44. The van der Waals surface area contributed by atoms with Crippen molar-refractivity contribution in [2.24, 2.45) is 0 Å². The Hall–Kier alpha value is -0.240. The number of aliphatic hydroxyl groups excluding tert-OH is 4. The summed E-state index contributed by atoms with van der Waals surface area (Å²) in [5, 5.41) is 36.4. The van der Waals surface area contributed by atoms with Crippen LogP contribution in [-0.2, 0) is 9.47 Å². The van der Waals surface area contributed by atoms with E-state index in [4.69, 9.17) is 19.7 Å². The Labute approximate surface area is 75.3 Å². The molecule has 5 atom stereocenters. The van der Waals surface area contributed by atoms with Gasteiger partial charge in [0.2, 0.25) is 0 Å².